The van der Waals surface area contributed by atoms with Crippen LogP contribution in [0.15, 0.2) is 18.2 Å². The number of ether oxygens (including phenoxy) is 1. The summed E-state index contributed by atoms with van der Waals surface area (Å²) < 4.78 is 5.32. The Morgan fingerprint density at radius 2 is 2.36 bits per heavy atom. The van der Waals surface area contributed by atoms with E-state index < -0.39 is 0 Å². The first kappa shape index (κ1) is 9.53. The van der Waals surface area contributed by atoms with Crippen molar-refractivity contribution in [2.24, 2.45) is 5.92 Å². The van der Waals surface area contributed by atoms with Crippen molar-refractivity contribution >= 4 is 0 Å². The average Bonchev–Trinajstić information content (AvgIpc) is 2.27. The highest BCUT2D eigenvalue weighted by Gasteiger charge is 2.20. The molecule has 2 rings (SSSR count). The van der Waals surface area contributed by atoms with Gasteiger partial charge in [-0.2, -0.15) is 0 Å². The SMILES string of the molecule is COc1cccc2c1CCC(CO)C2. The summed E-state index contributed by atoms with van der Waals surface area (Å²) in [4.78, 5) is 0. The second-order valence-corrected chi connectivity index (χ2v) is 3.89. The Hall–Kier alpha value is -1.02. The molecule has 1 aliphatic rings. The molecule has 0 heterocycles. The summed E-state index contributed by atoms with van der Waals surface area (Å²) in [5.41, 5.74) is 2.68. The maximum absolute atomic E-state index is 9.11. The van der Waals surface area contributed by atoms with E-state index in [1.807, 2.05) is 12.1 Å². The third kappa shape index (κ3) is 1.62. The zero-order valence-corrected chi connectivity index (χ0v) is 8.49. The van der Waals surface area contributed by atoms with Crippen LogP contribution in [0.2, 0.25) is 0 Å². The smallest absolute Gasteiger partial charge is 0.122 e. The van der Waals surface area contributed by atoms with Crippen LogP contribution in [0.25, 0.3) is 0 Å². The Bertz CT molecular complexity index is 320. The van der Waals surface area contributed by atoms with E-state index in [0.29, 0.717) is 12.5 Å². The molecular formula is C12H16O2. The second kappa shape index (κ2) is 4.01. The van der Waals surface area contributed by atoms with Gasteiger partial charge in [0.2, 0.25) is 0 Å². The summed E-state index contributed by atoms with van der Waals surface area (Å²) in [5.74, 6) is 1.44. The number of methoxy groups -OCH3 is 1. The van der Waals surface area contributed by atoms with Crippen LogP contribution < -0.4 is 4.74 Å². The number of fused-ring (bicyclic) bond motifs is 1. The van der Waals surface area contributed by atoms with E-state index in [9.17, 15) is 0 Å². The van der Waals surface area contributed by atoms with Gasteiger partial charge in [-0.25, -0.2) is 0 Å². The topological polar surface area (TPSA) is 29.5 Å². The van der Waals surface area contributed by atoms with Crippen LogP contribution in [-0.4, -0.2) is 18.8 Å². The summed E-state index contributed by atoms with van der Waals surface area (Å²) in [7, 11) is 1.72. The highest BCUT2D eigenvalue weighted by molar-refractivity contribution is 5.41. The van der Waals surface area contributed by atoms with Crippen LogP contribution >= 0.6 is 0 Å². The zero-order chi connectivity index (χ0) is 9.97. The predicted molar refractivity (Wildman–Crippen MR) is 55.6 cm³/mol. The Labute approximate surface area is 84.5 Å². The highest BCUT2D eigenvalue weighted by Crippen LogP contribution is 2.31. The molecule has 0 aliphatic heterocycles. The third-order valence-corrected chi connectivity index (χ3v) is 3.02. The Morgan fingerprint density at radius 3 is 3.07 bits per heavy atom. The lowest BCUT2D eigenvalue weighted by atomic mass is 9.84. The van der Waals surface area contributed by atoms with Gasteiger partial charge in [-0.05, 0) is 42.4 Å². The van der Waals surface area contributed by atoms with Gasteiger partial charge in [0.1, 0.15) is 5.75 Å². The lowest BCUT2D eigenvalue weighted by molar-refractivity contribution is 0.212. The van der Waals surface area contributed by atoms with Crippen LogP contribution in [0, 0.1) is 5.92 Å². The van der Waals surface area contributed by atoms with E-state index in [1.165, 1.54) is 11.1 Å². The first-order chi connectivity index (χ1) is 6.85. The predicted octanol–water partition coefficient (Wildman–Crippen LogP) is 1.79. The number of hydrogen-bond donors (Lipinski definition) is 1. The Balaban J connectivity index is 2.30. The molecule has 1 aromatic carbocycles. The van der Waals surface area contributed by atoms with Crippen molar-refractivity contribution in [3.8, 4) is 5.75 Å². The van der Waals surface area contributed by atoms with Crippen LogP contribution in [0.3, 0.4) is 0 Å². The van der Waals surface area contributed by atoms with Crippen molar-refractivity contribution in [2.45, 2.75) is 19.3 Å². The molecule has 2 nitrogen and oxygen atoms in total. The molecule has 0 spiro atoms. The van der Waals surface area contributed by atoms with Gasteiger partial charge in [-0.3, -0.25) is 0 Å². The zero-order valence-electron chi connectivity index (χ0n) is 8.49. The number of rotatable bonds is 2. The molecule has 2 heteroatoms. The molecule has 0 bridgehead atoms. The number of aliphatic hydroxyl groups excluding tert-OH is 1. The van der Waals surface area contributed by atoms with Crippen molar-refractivity contribution in [2.75, 3.05) is 13.7 Å². The monoisotopic (exact) mass is 192 g/mol. The van der Waals surface area contributed by atoms with Gasteiger partial charge in [0.25, 0.3) is 0 Å². The lowest BCUT2D eigenvalue weighted by Gasteiger charge is -2.24. The molecule has 1 aromatic rings. The van der Waals surface area contributed by atoms with Crippen molar-refractivity contribution in [1.29, 1.82) is 0 Å². The van der Waals surface area contributed by atoms with Gasteiger partial charge in [-0.1, -0.05) is 12.1 Å². The second-order valence-electron chi connectivity index (χ2n) is 3.89. The normalized spacial score (nSPS) is 20.3. The van der Waals surface area contributed by atoms with E-state index in [2.05, 4.69) is 6.07 Å². The minimum atomic E-state index is 0.302. The van der Waals surface area contributed by atoms with Crippen LogP contribution in [0.5, 0.6) is 5.75 Å². The minimum absolute atomic E-state index is 0.302. The van der Waals surface area contributed by atoms with Crippen LogP contribution in [0.1, 0.15) is 17.5 Å². The fourth-order valence-electron chi connectivity index (χ4n) is 2.19. The molecule has 1 aliphatic carbocycles. The van der Waals surface area contributed by atoms with E-state index in [1.54, 1.807) is 7.11 Å². The van der Waals surface area contributed by atoms with Gasteiger partial charge in [0, 0.05) is 6.61 Å². The van der Waals surface area contributed by atoms with E-state index in [0.717, 1.165) is 25.0 Å². The third-order valence-electron chi connectivity index (χ3n) is 3.02. The average molecular weight is 192 g/mol. The number of hydrogen-bond acceptors (Lipinski definition) is 2. The van der Waals surface area contributed by atoms with Gasteiger partial charge in [0.05, 0.1) is 7.11 Å². The van der Waals surface area contributed by atoms with Gasteiger partial charge in [-0.15, -0.1) is 0 Å². The molecule has 1 N–H and O–H groups in total. The van der Waals surface area contributed by atoms with Crippen molar-refractivity contribution in [3.05, 3.63) is 29.3 Å². The molecule has 0 aromatic heterocycles. The van der Waals surface area contributed by atoms with Crippen molar-refractivity contribution in [3.63, 3.8) is 0 Å². The molecule has 1 unspecified atom stereocenters. The van der Waals surface area contributed by atoms with E-state index in [4.69, 9.17) is 9.84 Å². The quantitative estimate of drug-likeness (QED) is 0.774. The van der Waals surface area contributed by atoms with E-state index in [-0.39, 0.29) is 0 Å². The van der Waals surface area contributed by atoms with Gasteiger partial charge >= 0.3 is 0 Å². The van der Waals surface area contributed by atoms with Gasteiger partial charge < -0.3 is 9.84 Å². The molecular weight excluding hydrogens is 176 g/mol. The Kier molecular flexibility index (Phi) is 2.73. The summed E-state index contributed by atoms with van der Waals surface area (Å²) in [6.45, 7) is 0.302. The highest BCUT2D eigenvalue weighted by atomic mass is 16.5. The van der Waals surface area contributed by atoms with E-state index >= 15 is 0 Å². The summed E-state index contributed by atoms with van der Waals surface area (Å²) >= 11 is 0. The minimum Gasteiger partial charge on any atom is -0.496 e. The fourth-order valence-corrected chi connectivity index (χ4v) is 2.19. The number of benzene rings is 1. The fraction of sp³-hybridized carbons (Fsp3) is 0.500. The molecule has 0 saturated heterocycles. The maximum atomic E-state index is 9.11. The van der Waals surface area contributed by atoms with Crippen molar-refractivity contribution < 1.29 is 9.84 Å². The first-order valence-corrected chi connectivity index (χ1v) is 5.10. The summed E-state index contributed by atoms with van der Waals surface area (Å²) in [6.07, 6.45) is 3.09. The molecule has 14 heavy (non-hydrogen) atoms. The van der Waals surface area contributed by atoms with Gasteiger partial charge in [0.15, 0.2) is 0 Å². The lowest BCUT2D eigenvalue weighted by Crippen LogP contribution is -2.17. The molecule has 1 atom stereocenters. The van der Waals surface area contributed by atoms with Crippen LogP contribution in [0.4, 0.5) is 0 Å². The first-order valence-electron chi connectivity index (χ1n) is 5.10. The molecule has 0 saturated carbocycles. The molecule has 0 radical (unpaired) electrons. The summed E-state index contributed by atoms with van der Waals surface area (Å²) in [6, 6.07) is 6.18. The molecule has 0 fully saturated rings. The number of aliphatic hydroxyl groups is 1. The largest absolute Gasteiger partial charge is 0.496 e. The van der Waals surface area contributed by atoms with Crippen LogP contribution in [-0.2, 0) is 12.8 Å². The Morgan fingerprint density at radius 1 is 1.50 bits per heavy atom. The summed E-state index contributed by atoms with van der Waals surface area (Å²) in [5, 5.41) is 9.11. The molecule has 76 valence electrons. The van der Waals surface area contributed by atoms with Crippen molar-refractivity contribution in [1.82, 2.24) is 0 Å². The molecule has 0 amide bonds. The standard InChI is InChI=1S/C12H16O2/c1-14-12-4-2-3-10-7-9(8-13)5-6-11(10)12/h2-4,9,13H,5-8H2,1H3. The maximum Gasteiger partial charge on any atom is 0.122 e.